The van der Waals surface area contributed by atoms with Crippen molar-refractivity contribution in [2.24, 2.45) is 11.7 Å². The first kappa shape index (κ1) is 11.8. The minimum atomic E-state index is 0. The molecule has 2 aliphatic carbocycles. The van der Waals surface area contributed by atoms with Gasteiger partial charge in [-0.05, 0) is 38.5 Å². The molecule has 82 valence electrons. The van der Waals surface area contributed by atoms with Gasteiger partial charge in [0.15, 0.2) is 0 Å². The van der Waals surface area contributed by atoms with Gasteiger partial charge in [0, 0.05) is 18.0 Å². The number of nitrogens with two attached hydrogens (primary N) is 1. The van der Waals surface area contributed by atoms with Crippen LogP contribution in [0.25, 0.3) is 0 Å². The second-order valence-corrected chi connectivity index (χ2v) is 4.41. The van der Waals surface area contributed by atoms with Crippen LogP contribution in [0.2, 0.25) is 0 Å². The second kappa shape index (κ2) is 4.99. The van der Waals surface area contributed by atoms with Crippen molar-refractivity contribution in [2.45, 2.75) is 50.6 Å². The molecule has 14 heavy (non-hydrogen) atoms. The Morgan fingerprint density at radius 2 is 1.93 bits per heavy atom. The van der Waals surface area contributed by atoms with Crippen molar-refractivity contribution in [3.63, 3.8) is 0 Å². The zero-order valence-electron chi connectivity index (χ0n) is 8.37. The summed E-state index contributed by atoms with van der Waals surface area (Å²) in [6.45, 7) is 0. The summed E-state index contributed by atoms with van der Waals surface area (Å²) in [5.41, 5.74) is 5.76. The third-order valence-corrected chi connectivity index (χ3v) is 3.30. The van der Waals surface area contributed by atoms with Crippen molar-refractivity contribution >= 4 is 18.3 Å². The van der Waals surface area contributed by atoms with Gasteiger partial charge in [-0.25, -0.2) is 0 Å². The summed E-state index contributed by atoms with van der Waals surface area (Å²) < 4.78 is 0. The fourth-order valence-corrected chi connectivity index (χ4v) is 2.13. The normalized spacial score (nSPS) is 31.8. The molecule has 2 aliphatic rings. The van der Waals surface area contributed by atoms with Gasteiger partial charge < -0.3 is 11.1 Å². The molecular formula is C10H19ClN2O. The number of amides is 1. The maximum atomic E-state index is 11.6. The predicted molar refractivity (Wildman–Crippen MR) is 58.3 cm³/mol. The van der Waals surface area contributed by atoms with Gasteiger partial charge in [-0.3, -0.25) is 4.79 Å². The lowest BCUT2D eigenvalue weighted by atomic mass is 9.92. The van der Waals surface area contributed by atoms with Crippen LogP contribution in [0.5, 0.6) is 0 Å². The van der Waals surface area contributed by atoms with Gasteiger partial charge >= 0.3 is 0 Å². The summed E-state index contributed by atoms with van der Waals surface area (Å²) in [7, 11) is 0. The number of carbonyl (C=O) groups excluding carboxylic acids is 1. The zero-order chi connectivity index (χ0) is 9.26. The Bertz CT molecular complexity index is 206. The minimum absolute atomic E-state index is 0. The first-order chi connectivity index (χ1) is 6.25. The Morgan fingerprint density at radius 1 is 1.21 bits per heavy atom. The lowest BCUT2D eigenvalue weighted by molar-refractivity contribution is -0.126. The summed E-state index contributed by atoms with van der Waals surface area (Å²) in [5, 5.41) is 3.08. The summed E-state index contributed by atoms with van der Waals surface area (Å²) in [6.07, 6.45) is 6.51. The third-order valence-electron chi connectivity index (χ3n) is 3.30. The molecule has 0 saturated heterocycles. The van der Waals surface area contributed by atoms with E-state index in [1.54, 1.807) is 0 Å². The zero-order valence-corrected chi connectivity index (χ0v) is 9.19. The molecule has 0 aliphatic heterocycles. The summed E-state index contributed by atoms with van der Waals surface area (Å²) in [6, 6.07) is 0.737. The highest BCUT2D eigenvalue weighted by Crippen LogP contribution is 2.25. The Balaban J connectivity index is 0.000000980. The van der Waals surface area contributed by atoms with Crippen LogP contribution in [-0.4, -0.2) is 18.0 Å². The molecule has 3 nitrogen and oxygen atoms in total. The summed E-state index contributed by atoms with van der Waals surface area (Å²) in [5.74, 6) is 0.452. The lowest BCUT2D eigenvalue weighted by Gasteiger charge is -2.27. The average molecular weight is 219 g/mol. The van der Waals surface area contributed by atoms with Crippen molar-refractivity contribution in [3.05, 3.63) is 0 Å². The standard InChI is InChI=1S/C10H18N2O.ClH/c11-8-5-4-7(6-8)10(13)12-9-2-1-3-9;/h7-9H,1-6,11H2,(H,12,13);1H/t7-,8+;/m1./s1. The van der Waals surface area contributed by atoms with Crippen molar-refractivity contribution in [3.8, 4) is 0 Å². The molecule has 2 saturated carbocycles. The Kier molecular flexibility index (Phi) is 4.20. The fraction of sp³-hybridized carbons (Fsp3) is 0.900. The van der Waals surface area contributed by atoms with E-state index in [0.717, 1.165) is 19.3 Å². The molecule has 0 heterocycles. The second-order valence-electron chi connectivity index (χ2n) is 4.41. The molecule has 0 aromatic heterocycles. The molecule has 3 N–H and O–H groups in total. The number of carbonyl (C=O) groups is 1. The first-order valence-electron chi connectivity index (χ1n) is 5.31. The lowest BCUT2D eigenvalue weighted by Crippen LogP contribution is -2.42. The summed E-state index contributed by atoms with van der Waals surface area (Å²) in [4.78, 5) is 11.6. The van der Waals surface area contributed by atoms with Crippen molar-refractivity contribution in [2.75, 3.05) is 0 Å². The van der Waals surface area contributed by atoms with E-state index in [1.165, 1.54) is 19.3 Å². The van der Waals surface area contributed by atoms with Gasteiger partial charge in [0.1, 0.15) is 0 Å². The first-order valence-corrected chi connectivity index (χ1v) is 5.31. The smallest absolute Gasteiger partial charge is 0.223 e. The van der Waals surface area contributed by atoms with Gasteiger partial charge in [-0.1, -0.05) is 0 Å². The van der Waals surface area contributed by atoms with Crippen molar-refractivity contribution in [1.29, 1.82) is 0 Å². The van der Waals surface area contributed by atoms with Gasteiger partial charge in [-0.15, -0.1) is 12.4 Å². The van der Waals surface area contributed by atoms with Crippen LogP contribution in [0.15, 0.2) is 0 Å². The predicted octanol–water partition coefficient (Wildman–Crippen LogP) is 1.20. The highest BCUT2D eigenvalue weighted by atomic mass is 35.5. The molecule has 2 atom stereocenters. The van der Waals surface area contributed by atoms with Crippen LogP contribution in [0, 0.1) is 5.92 Å². The molecule has 0 radical (unpaired) electrons. The van der Waals surface area contributed by atoms with E-state index in [2.05, 4.69) is 5.32 Å². The molecular weight excluding hydrogens is 200 g/mol. The minimum Gasteiger partial charge on any atom is -0.353 e. The maximum absolute atomic E-state index is 11.6. The molecule has 0 aromatic rings. The molecule has 0 spiro atoms. The summed E-state index contributed by atoms with van der Waals surface area (Å²) >= 11 is 0. The Labute approximate surface area is 91.2 Å². The quantitative estimate of drug-likeness (QED) is 0.732. The average Bonchev–Trinajstić information content (AvgIpc) is 2.44. The number of halogens is 1. The Morgan fingerprint density at radius 3 is 2.36 bits per heavy atom. The number of rotatable bonds is 2. The van der Waals surface area contributed by atoms with Crippen LogP contribution < -0.4 is 11.1 Å². The van der Waals surface area contributed by atoms with E-state index >= 15 is 0 Å². The number of nitrogens with one attached hydrogen (secondary N) is 1. The van der Waals surface area contributed by atoms with E-state index < -0.39 is 0 Å². The van der Waals surface area contributed by atoms with E-state index in [9.17, 15) is 4.79 Å². The molecule has 1 amide bonds. The van der Waals surface area contributed by atoms with E-state index in [1.807, 2.05) is 0 Å². The largest absolute Gasteiger partial charge is 0.353 e. The van der Waals surface area contributed by atoms with Crippen LogP contribution in [0.3, 0.4) is 0 Å². The van der Waals surface area contributed by atoms with E-state index in [0.29, 0.717) is 6.04 Å². The topological polar surface area (TPSA) is 55.1 Å². The van der Waals surface area contributed by atoms with Gasteiger partial charge in [-0.2, -0.15) is 0 Å². The van der Waals surface area contributed by atoms with Crippen LogP contribution in [-0.2, 0) is 4.79 Å². The third kappa shape index (κ3) is 2.61. The highest BCUT2D eigenvalue weighted by molar-refractivity contribution is 5.85. The maximum Gasteiger partial charge on any atom is 0.223 e. The monoisotopic (exact) mass is 218 g/mol. The Hall–Kier alpha value is -0.280. The number of hydrogen-bond donors (Lipinski definition) is 2. The molecule has 2 rings (SSSR count). The van der Waals surface area contributed by atoms with Gasteiger partial charge in [0.2, 0.25) is 5.91 Å². The highest BCUT2D eigenvalue weighted by Gasteiger charge is 2.30. The van der Waals surface area contributed by atoms with Crippen molar-refractivity contribution in [1.82, 2.24) is 5.32 Å². The van der Waals surface area contributed by atoms with E-state index in [4.69, 9.17) is 5.73 Å². The van der Waals surface area contributed by atoms with Crippen molar-refractivity contribution < 1.29 is 4.79 Å². The van der Waals surface area contributed by atoms with Crippen LogP contribution in [0.1, 0.15) is 38.5 Å². The molecule has 2 fully saturated rings. The molecule has 0 unspecified atom stereocenters. The number of hydrogen-bond acceptors (Lipinski definition) is 2. The van der Waals surface area contributed by atoms with Crippen LogP contribution in [0.4, 0.5) is 0 Å². The molecule has 4 heteroatoms. The van der Waals surface area contributed by atoms with E-state index in [-0.39, 0.29) is 30.3 Å². The van der Waals surface area contributed by atoms with Gasteiger partial charge in [0.25, 0.3) is 0 Å². The van der Waals surface area contributed by atoms with Crippen LogP contribution >= 0.6 is 12.4 Å². The molecule has 0 bridgehead atoms. The van der Waals surface area contributed by atoms with Gasteiger partial charge in [0.05, 0.1) is 0 Å². The SMILES string of the molecule is Cl.N[C@H]1CC[C@@H](C(=O)NC2CCC2)C1. The molecule has 0 aromatic carbocycles. The fourth-order valence-electron chi connectivity index (χ4n) is 2.13.